The van der Waals surface area contributed by atoms with Crippen molar-refractivity contribution in [2.75, 3.05) is 6.61 Å². The van der Waals surface area contributed by atoms with E-state index in [0.29, 0.717) is 17.9 Å². The average molecular weight is 238 g/mol. The van der Waals surface area contributed by atoms with Gasteiger partial charge in [-0.15, -0.1) is 0 Å². The molecule has 0 atom stereocenters. The van der Waals surface area contributed by atoms with E-state index in [9.17, 15) is 4.79 Å². The highest BCUT2D eigenvalue weighted by atomic mass is 16.5. The number of benzene rings is 2. The lowest BCUT2D eigenvalue weighted by Crippen LogP contribution is -1.93. The van der Waals surface area contributed by atoms with Gasteiger partial charge in [-0.3, -0.25) is 4.79 Å². The highest BCUT2D eigenvalue weighted by Gasteiger charge is 1.94. The largest absolute Gasteiger partial charge is 0.490 e. The fourth-order valence-corrected chi connectivity index (χ4v) is 1.57. The fourth-order valence-electron chi connectivity index (χ4n) is 1.57. The summed E-state index contributed by atoms with van der Waals surface area (Å²) in [6, 6.07) is 17.2. The predicted octanol–water partition coefficient (Wildman–Crippen LogP) is 3.59. The normalized spacial score (nSPS) is 10.4. The van der Waals surface area contributed by atoms with E-state index in [1.54, 1.807) is 18.2 Å². The molecule has 0 saturated carbocycles. The van der Waals surface area contributed by atoms with Crippen LogP contribution in [0.15, 0.2) is 60.7 Å². The van der Waals surface area contributed by atoms with Gasteiger partial charge < -0.3 is 4.74 Å². The van der Waals surface area contributed by atoms with Crippen molar-refractivity contribution in [3.63, 3.8) is 0 Å². The summed E-state index contributed by atoms with van der Waals surface area (Å²) < 4.78 is 5.52. The van der Waals surface area contributed by atoms with Crippen molar-refractivity contribution < 1.29 is 9.53 Å². The molecule has 2 aromatic rings. The molecule has 2 rings (SSSR count). The van der Waals surface area contributed by atoms with Gasteiger partial charge in [-0.05, 0) is 23.8 Å². The lowest BCUT2D eigenvalue weighted by molar-refractivity contribution is 0.112. The minimum absolute atomic E-state index is 0.483. The second kappa shape index (κ2) is 6.40. The van der Waals surface area contributed by atoms with Crippen LogP contribution in [0, 0.1) is 0 Å². The molecule has 0 bridgehead atoms. The molecule has 2 heteroatoms. The number of rotatable bonds is 5. The summed E-state index contributed by atoms with van der Waals surface area (Å²) in [5, 5.41) is 0. The molecule has 2 aromatic carbocycles. The maximum absolute atomic E-state index is 10.6. The third-order valence-electron chi connectivity index (χ3n) is 2.45. The van der Waals surface area contributed by atoms with Crippen molar-refractivity contribution in [1.29, 1.82) is 0 Å². The highest BCUT2D eigenvalue weighted by Crippen LogP contribution is 2.12. The molecule has 0 amide bonds. The molecule has 0 aliphatic carbocycles. The van der Waals surface area contributed by atoms with Crippen LogP contribution in [-0.2, 0) is 0 Å². The van der Waals surface area contributed by atoms with E-state index in [0.717, 1.165) is 11.8 Å². The van der Waals surface area contributed by atoms with E-state index in [-0.39, 0.29) is 0 Å². The first-order valence-corrected chi connectivity index (χ1v) is 5.78. The molecular formula is C16H14O2. The Balaban J connectivity index is 1.88. The van der Waals surface area contributed by atoms with Gasteiger partial charge in [-0.2, -0.15) is 0 Å². The van der Waals surface area contributed by atoms with Gasteiger partial charge >= 0.3 is 0 Å². The first-order valence-electron chi connectivity index (χ1n) is 5.78. The van der Waals surface area contributed by atoms with E-state index in [4.69, 9.17) is 4.74 Å². The third-order valence-corrected chi connectivity index (χ3v) is 2.45. The molecule has 0 aliphatic heterocycles. The molecule has 90 valence electrons. The molecule has 0 spiro atoms. The van der Waals surface area contributed by atoms with Crippen molar-refractivity contribution in [3.05, 3.63) is 71.8 Å². The van der Waals surface area contributed by atoms with Crippen LogP contribution in [0.1, 0.15) is 15.9 Å². The molecule has 0 unspecified atom stereocenters. The number of aldehydes is 1. The maximum atomic E-state index is 10.6. The Morgan fingerprint density at radius 1 is 0.944 bits per heavy atom. The van der Waals surface area contributed by atoms with Crippen LogP contribution in [0.4, 0.5) is 0 Å². The van der Waals surface area contributed by atoms with E-state index in [1.165, 1.54) is 0 Å². The summed E-state index contributed by atoms with van der Waals surface area (Å²) in [6.45, 7) is 0.483. The molecule has 2 nitrogen and oxygen atoms in total. The molecule has 0 radical (unpaired) electrons. The molecule has 0 aliphatic rings. The van der Waals surface area contributed by atoms with Gasteiger partial charge in [0.15, 0.2) is 0 Å². The van der Waals surface area contributed by atoms with Crippen LogP contribution in [-0.4, -0.2) is 12.9 Å². The van der Waals surface area contributed by atoms with Crippen LogP contribution < -0.4 is 4.74 Å². The van der Waals surface area contributed by atoms with Crippen LogP contribution in [0.25, 0.3) is 6.08 Å². The minimum Gasteiger partial charge on any atom is -0.490 e. The number of carbonyl (C=O) groups is 1. The van der Waals surface area contributed by atoms with Gasteiger partial charge in [-0.25, -0.2) is 0 Å². The van der Waals surface area contributed by atoms with Crippen LogP contribution >= 0.6 is 0 Å². The number of ether oxygens (including phenoxy) is 1. The van der Waals surface area contributed by atoms with Crippen molar-refractivity contribution in [2.24, 2.45) is 0 Å². The molecule has 0 fully saturated rings. The summed E-state index contributed by atoms with van der Waals surface area (Å²) in [6.07, 6.45) is 4.76. The lowest BCUT2D eigenvalue weighted by Gasteiger charge is -2.03. The SMILES string of the molecule is O=Cc1cccc(OCC=Cc2ccccc2)c1. The summed E-state index contributed by atoms with van der Waals surface area (Å²) >= 11 is 0. The summed E-state index contributed by atoms with van der Waals surface area (Å²) in [4.78, 5) is 10.6. The molecule has 18 heavy (non-hydrogen) atoms. The van der Waals surface area contributed by atoms with Gasteiger partial charge in [0.1, 0.15) is 18.6 Å². The molecular weight excluding hydrogens is 224 g/mol. The average Bonchev–Trinajstić information content (AvgIpc) is 2.45. The monoisotopic (exact) mass is 238 g/mol. The second-order valence-electron chi connectivity index (χ2n) is 3.81. The molecule has 0 saturated heterocycles. The van der Waals surface area contributed by atoms with E-state index < -0.39 is 0 Å². The summed E-state index contributed by atoms with van der Waals surface area (Å²) in [5.74, 6) is 0.706. The Morgan fingerprint density at radius 3 is 2.50 bits per heavy atom. The molecule has 0 N–H and O–H groups in total. The quantitative estimate of drug-likeness (QED) is 0.744. The van der Waals surface area contributed by atoms with E-state index >= 15 is 0 Å². The van der Waals surface area contributed by atoms with Crippen molar-refractivity contribution >= 4 is 12.4 Å². The van der Waals surface area contributed by atoms with Gasteiger partial charge in [0, 0.05) is 5.56 Å². The van der Waals surface area contributed by atoms with Crippen molar-refractivity contribution in [1.82, 2.24) is 0 Å². The van der Waals surface area contributed by atoms with Crippen LogP contribution in [0.5, 0.6) is 5.75 Å². The van der Waals surface area contributed by atoms with Gasteiger partial charge in [0.2, 0.25) is 0 Å². The zero-order valence-corrected chi connectivity index (χ0v) is 9.95. The first kappa shape index (κ1) is 12.1. The smallest absolute Gasteiger partial charge is 0.150 e. The maximum Gasteiger partial charge on any atom is 0.150 e. The Bertz CT molecular complexity index is 530. The number of hydrogen-bond acceptors (Lipinski definition) is 2. The van der Waals surface area contributed by atoms with Gasteiger partial charge in [0.05, 0.1) is 0 Å². The Labute approximate surface area is 107 Å². The predicted molar refractivity (Wildman–Crippen MR) is 72.8 cm³/mol. The fraction of sp³-hybridized carbons (Fsp3) is 0.0625. The third kappa shape index (κ3) is 3.59. The lowest BCUT2D eigenvalue weighted by atomic mass is 10.2. The summed E-state index contributed by atoms with van der Waals surface area (Å²) in [5.41, 5.74) is 1.77. The first-order chi connectivity index (χ1) is 8.88. The minimum atomic E-state index is 0.483. The van der Waals surface area contributed by atoms with Gasteiger partial charge in [0.25, 0.3) is 0 Å². The molecule has 0 heterocycles. The number of hydrogen-bond donors (Lipinski definition) is 0. The van der Waals surface area contributed by atoms with E-state index in [1.807, 2.05) is 48.6 Å². The zero-order chi connectivity index (χ0) is 12.6. The second-order valence-corrected chi connectivity index (χ2v) is 3.81. The van der Waals surface area contributed by atoms with Gasteiger partial charge in [-0.1, -0.05) is 48.5 Å². The van der Waals surface area contributed by atoms with Crippen LogP contribution in [0.3, 0.4) is 0 Å². The van der Waals surface area contributed by atoms with Crippen molar-refractivity contribution in [2.45, 2.75) is 0 Å². The Hall–Kier alpha value is -2.35. The standard InChI is InChI=1S/C16H14O2/c17-13-15-8-4-10-16(12-15)18-11-5-9-14-6-2-1-3-7-14/h1-10,12-13H,11H2. The topological polar surface area (TPSA) is 26.3 Å². The van der Waals surface area contributed by atoms with E-state index in [2.05, 4.69) is 0 Å². The molecule has 0 aromatic heterocycles. The van der Waals surface area contributed by atoms with Crippen molar-refractivity contribution in [3.8, 4) is 5.75 Å². The highest BCUT2D eigenvalue weighted by molar-refractivity contribution is 5.75. The Morgan fingerprint density at radius 2 is 1.72 bits per heavy atom. The zero-order valence-electron chi connectivity index (χ0n) is 9.95. The van der Waals surface area contributed by atoms with Crippen LogP contribution in [0.2, 0.25) is 0 Å². The summed E-state index contributed by atoms with van der Waals surface area (Å²) in [7, 11) is 0. The Kier molecular flexibility index (Phi) is 4.31. The number of carbonyl (C=O) groups excluding carboxylic acids is 1.